The van der Waals surface area contributed by atoms with Crippen molar-refractivity contribution in [1.82, 2.24) is 15.0 Å². The smallest absolute Gasteiger partial charge is 0.246 e. The number of carbonyl (C=O) groups is 1. The molecule has 3 rings (SSSR count). The van der Waals surface area contributed by atoms with E-state index in [2.05, 4.69) is 15.0 Å². The molecule has 7 nitrogen and oxygen atoms in total. The van der Waals surface area contributed by atoms with E-state index in [1.54, 1.807) is 30.3 Å². The summed E-state index contributed by atoms with van der Waals surface area (Å²) in [6, 6.07) is 3.53. The number of ether oxygens (including phenoxy) is 1. The summed E-state index contributed by atoms with van der Waals surface area (Å²) in [4.78, 5) is 28.3. The number of aromatic nitrogens is 3. The Balaban J connectivity index is 1.74. The molecule has 3 heterocycles. The van der Waals surface area contributed by atoms with Crippen LogP contribution in [0.4, 0.5) is 11.6 Å². The number of hydrogen-bond donors (Lipinski definition) is 0. The topological polar surface area (TPSA) is 71.5 Å². The lowest BCUT2D eigenvalue weighted by Gasteiger charge is -2.34. The van der Waals surface area contributed by atoms with Crippen molar-refractivity contribution in [2.24, 2.45) is 0 Å². The Hall–Kier alpha value is -2.41. The van der Waals surface area contributed by atoms with Crippen molar-refractivity contribution < 1.29 is 9.53 Å². The van der Waals surface area contributed by atoms with Gasteiger partial charge in [0.25, 0.3) is 0 Å². The molecule has 1 saturated heterocycles. The van der Waals surface area contributed by atoms with Crippen LogP contribution in [-0.4, -0.2) is 47.6 Å². The Labute approximate surface area is 132 Å². The van der Waals surface area contributed by atoms with Crippen LogP contribution in [0.3, 0.4) is 0 Å². The summed E-state index contributed by atoms with van der Waals surface area (Å²) in [6.45, 7) is 1.39. The molecule has 1 aliphatic heterocycles. The first-order valence-corrected chi connectivity index (χ1v) is 7.08. The summed E-state index contributed by atoms with van der Waals surface area (Å²) in [5, 5.41) is 0.470. The normalized spacial score (nSPS) is 15.1. The van der Waals surface area contributed by atoms with Gasteiger partial charge in [-0.2, -0.15) is 0 Å². The van der Waals surface area contributed by atoms with Crippen LogP contribution in [0.25, 0.3) is 0 Å². The van der Waals surface area contributed by atoms with Crippen LogP contribution in [0.5, 0.6) is 5.88 Å². The summed E-state index contributed by atoms with van der Waals surface area (Å²) in [5.74, 6) is 0.955. The second-order valence-corrected chi connectivity index (χ2v) is 5.16. The molecule has 0 radical (unpaired) electrons. The van der Waals surface area contributed by atoms with E-state index in [9.17, 15) is 4.79 Å². The number of halogens is 1. The molecule has 0 aromatic carbocycles. The zero-order valence-electron chi connectivity index (χ0n) is 11.9. The SMILES string of the molecule is COc1cc(N2CCN(c3ncc(Cl)cn3)CC2=O)ccn1. The molecule has 8 heteroatoms. The molecule has 2 aromatic heterocycles. The van der Waals surface area contributed by atoms with E-state index < -0.39 is 0 Å². The number of methoxy groups -OCH3 is 1. The Kier molecular flexibility index (Phi) is 4.06. The Morgan fingerprint density at radius 3 is 2.68 bits per heavy atom. The average molecular weight is 320 g/mol. The van der Waals surface area contributed by atoms with Crippen LogP contribution >= 0.6 is 11.6 Å². The fourth-order valence-corrected chi connectivity index (χ4v) is 2.36. The van der Waals surface area contributed by atoms with Crippen LogP contribution in [0.1, 0.15) is 0 Å². The average Bonchev–Trinajstić information content (AvgIpc) is 2.55. The number of piperazine rings is 1. The maximum atomic E-state index is 12.4. The van der Waals surface area contributed by atoms with Crippen LogP contribution in [0, 0.1) is 0 Å². The third-order valence-electron chi connectivity index (χ3n) is 3.35. The largest absolute Gasteiger partial charge is 0.481 e. The zero-order valence-corrected chi connectivity index (χ0v) is 12.7. The van der Waals surface area contributed by atoms with Gasteiger partial charge in [-0.05, 0) is 6.07 Å². The van der Waals surface area contributed by atoms with Gasteiger partial charge in [0.05, 0.1) is 30.2 Å². The van der Waals surface area contributed by atoms with Gasteiger partial charge in [-0.25, -0.2) is 15.0 Å². The molecule has 0 aliphatic carbocycles. The minimum absolute atomic E-state index is 0.0296. The van der Waals surface area contributed by atoms with Gasteiger partial charge in [0, 0.05) is 25.4 Å². The molecule has 1 aliphatic rings. The minimum Gasteiger partial charge on any atom is -0.481 e. The number of amides is 1. The first kappa shape index (κ1) is 14.5. The fourth-order valence-electron chi connectivity index (χ4n) is 2.26. The fraction of sp³-hybridized carbons (Fsp3) is 0.286. The number of rotatable bonds is 3. The quantitative estimate of drug-likeness (QED) is 0.851. The number of pyridine rings is 1. The Bertz CT molecular complexity index is 679. The van der Waals surface area contributed by atoms with Crippen LogP contribution in [-0.2, 0) is 4.79 Å². The lowest BCUT2D eigenvalue weighted by atomic mass is 10.2. The van der Waals surface area contributed by atoms with Crippen LogP contribution < -0.4 is 14.5 Å². The van der Waals surface area contributed by atoms with Crippen molar-refractivity contribution >= 4 is 29.1 Å². The van der Waals surface area contributed by atoms with Gasteiger partial charge >= 0.3 is 0 Å². The van der Waals surface area contributed by atoms with Crippen molar-refractivity contribution in [2.45, 2.75) is 0 Å². The van der Waals surface area contributed by atoms with Crippen molar-refractivity contribution in [2.75, 3.05) is 36.5 Å². The maximum Gasteiger partial charge on any atom is 0.246 e. The molecular weight excluding hydrogens is 306 g/mol. The van der Waals surface area contributed by atoms with E-state index in [1.165, 1.54) is 12.4 Å². The highest BCUT2D eigenvalue weighted by Crippen LogP contribution is 2.22. The summed E-state index contributed by atoms with van der Waals surface area (Å²) >= 11 is 5.77. The van der Waals surface area contributed by atoms with E-state index in [1.807, 2.05) is 4.90 Å². The Morgan fingerprint density at radius 2 is 2.00 bits per heavy atom. The first-order valence-electron chi connectivity index (χ1n) is 6.70. The molecular formula is C14H14ClN5O2. The van der Waals surface area contributed by atoms with Gasteiger partial charge in [-0.1, -0.05) is 11.6 Å². The standard InChI is InChI=1S/C14H14ClN5O2/c1-22-12-6-11(2-3-16-12)20-5-4-19(9-13(20)21)14-17-7-10(15)8-18-14/h2-3,6-8H,4-5,9H2,1H3. The Morgan fingerprint density at radius 1 is 1.23 bits per heavy atom. The summed E-state index contributed by atoms with van der Waals surface area (Å²) < 4.78 is 5.09. The van der Waals surface area contributed by atoms with Gasteiger partial charge < -0.3 is 14.5 Å². The van der Waals surface area contributed by atoms with E-state index >= 15 is 0 Å². The summed E-state index contributed by atoms with van der Waals surface area (Å²) in [6.07, 6.45) is 4.67. The van der Waals surface area contributed by atoms with Gasteiger partial charge in [0.2, 0.25) is 17.7 Å². The maximum absolute atomic E-state index is 12.4. The summed E-state index contributed by atoms with van der Waals surface area (Å²) in [7, 11) is 1.55. The van der Waals surface area contributed by atoms with Gasteiger partial charge in [0.1, 0.15) is 6.54 Å². The highest BCUT2D eigenvalue weighted by atomic mass is 35.5. The van der Waals surface area contributed by atoms with Crippen molar-refractivity contribution in [3.05, 3.63) is 35.7 Å². The highest BCUT2D eigenvalue weighted by Gasteiger charge is 2.26. The van der Waals surface area contributed by atoms with Crippen LogP contribution in [0.2, 0.25) is 5.02 Å². The number of anilines is 2. The second-order valence-electron chi connectivity index (χ2n) is 4.72. The van der Waals surface area contributed by atoms with Crippen molar-refractivity contribution in [3.63, 3.8) is 0 Å². The van der Waals surface area contributed by atoms with E-state index in [0.717, 1.165) is 5.69 Å². The number of nitrogens with zero attached hydrogens (tertiary/aromatic N) is 5. The monoisotopic (exact) mass is 319 g/mol. The lowest BCUT2D eigenvalue weighted by Crippen LogP contribution is -2.51. The zero-order chi connectivity index (χ0) is 15.5. The molecule has 0 spiro atoms. The van der Waals surface area contributed by atoms with E-state index in [0.29, 0.717) is 29.9 Å². The molecule has 22 heavy (non-hydrogen) atoms. The molecule has 0 saturated carbocycles. The minimum atomic E-state index is -0.0296. The second kappa shape index (κ2) is 6.15. The molecule has 0 N–H and O–H groups in total. The first-order chi connectivity index (χ1) is 10.7. The molecule has 1 fully saturated rings. The third kappa shape index (κ3) is 2.94. The number of hydrogen-bond acceptors (Lipinski definition) is 6. The molecule has 1 amide bonds. The van der Waals surface area contributed by atoms with E-state index in [4.69, 9.17) is 16.3 Å². The third-order valence-corrected chi connectivity index (χ3v) is 3.54. The predicted octanol–water partition coefficient (Wildman–Crippen LogP) is 1.39. The molecule has 2 aromatic rings. The van der Waals surface area contributed by atoms with E-state index in [-0.39, 0.29) is 12.5 Å². The molecule has 114 valence electrons. The molecule has 0 unspecified atom stereocenters. The summed E-state index contributed by atoms with van der Waals surface area (Å²) in [5.41, 5.74) is 0.772. The van der Waals surface area contributed by atoms with Crippen LogP contribution in [0.15, 0.2) is 30.7 Å². The van der Waals surface area contributed by atoms with Crippen molar-refractivity contribution in [3.8, 4) is 5.88 Å². The number of carbonyl (C=O) groups excluding carboxylic acids is 1. The predicted molar refractivity (Wildman–Crippen MR) is 82.4 cm³/mol. The molecule has 0 bridgehead atoms. The van der Waals surface area contributed by atoms with Gasteiger partial charge in [0.15, 0.2) is 0 Å². The van der Waals surface area contributed by atoms with Gasteiger partial charge in [-0.3, -0.25) is 4.79 Å². The highest BCUT2D eigenvalue weighted by molar-refractivity contribution is 6.30. The molecule has 0 atom stereocenters. The lowest BCUT2D eigenvalue weighted by molar-refractivity contribution is -0.117. The van der Waals surface area contributed by atoms with Crippen molar-refractivity contribution in [1.29, 1.82) is 0 Å². The van der Waals surface area contributed by atoms with Gasteiger partial charge in [-0.15, -0.1) is 0 Å².